The van der Waals surface area contributed by atoms with Gasteiger partial charge < -0.3 is 5.73 Å². The van der Waals surface area contributed by atoms with Gasteiger partial charge in [-0.15, -0.1) is 0 Å². The van der Waals surface area contributed by atoms with Crippen LogP contribution in [0.5, 0.6) is 0 Å². The van der Waals surface area contributed by atoms with Gasteiger partial charge in [0.2, 0.25) is 0 Å². The Morgan fingerprint density at radius 1 is 1.17 bits per heavy atom. The largest absolute Gasteiger partial charge is 0.398 e. The molecule has 2 aromatic rings. The third-order valence-electron chi connectivity index (χ3n) is 4.38. The Morgan fingerprint density at radius 3 is 2.61 bits per heavy atom. The lowest BCUT2D eigenvalue weighted by molar-refractivity contribution is 0.172. The average molecular weight is 305 g/mol. The molecule has 3 rings (SSSR count). The molecule has 0 bridgehead atoms. The summed E-state index contributed by atoms with van der Waals surface area (Å²) in [6.07, 6.45) is 5.16. The van der Waals surface area contributed by atoms with E-state index in [1.807, 2.05) is 31.5 Å². The molecule has 1 aromatic carbocycles. The minimum atomic E-state index is 0.728. The monoisotopic (exact) mass is 305 g/mol. The van der Waals surface area contributed by atoms with E-state index in [-0.39, 0.29) is 0 Å². The number of likely N-dealkylation sites (tertiary alicyclic amines) is 1. The molecule has 1 aliphatic rings. The third-order valence-corrected chi connectivity index (χ3v) is 4.38. The zero-order valence-electron chi connectivity index (χ0n) is 13.7. The smallest absolute Gasteiger partial charge is 0.0394 e. The zero-order chi connectivity index (χ0) is 16.4. The predicted molar refractivity (Wildman–Crippen MR) is 97.8 cm³/mol. The molecular weight excluding hydrogens is 282 g/mol. The summed E-state index contributed by atoms with van der Waals surface area (Å²) in [5.41, 5.74) is 13.1. The molecular formula is C20H23N3. The number of pyridine rings is 1. The maximum Gasteiger partial charge on any atom is 0.0394 e. The Labute approximate surface area is 138 Å². The number of nitrogens with two attached hydrogens (primary N) is 1. The van der Waals surface area contributed by atoms with Crippen LogP contribution in [0.2, 0.25) is 0 Å². The van der Waals surface area contributed by atoms with E-state index in [1.165, 1.54) is 25.1 Å². The first-order chi connectivity index (χ1) is 11.0. The van der Waals surface area contributed by atoms with Gasteiger partial charge in [0.1, 0.15) is 0 Å². The molecule has 0 spiro atoms. The van der Waals surface area contributed by atoms with Gasteiger partial charge in [0, 0.05) is 35.8 Å². The van der Waals surface area contributed by atoms with E-state index in [0.29, 0.717) is 0 Å². The van der Waals surface area contributed by atoms with Crippen molar-refractivity contribution in [1.82, 2.24) is 9.88 Å². The molecule has 0 unspecified atom stereocenters. The van der Waals surface area contributed by atoms with Crippen LogP contribution in [0, 0.1) is 0 Å². The number of nitrogens with zero attached hydrogens (tertiary/aromatic N) is 2. The van der Waals surface area contributed by atoms with Gasteiger partial charge in [0.05, 0.1) is 0 Å². The Balaban J connectivity index is 1.92. The lowest BCUT2D eigenvalue weighted by atomic mass is 9.95. The lowest BCUT2D eigenvalue weighted by Gasteiger charge is -2.30. The van der Waals surface area contributed by atoms with Crippen LogP contribution in [0.1, 0.15) is 24.5 Å². The maximum atomic E-state index is 6.10. The third kappa shape index (κ3) is 3.35. The van der Waals surface area contributed by atoms with E-state index < -0.39 is 0 Å². The first-order valence-corrected chi connectivity index (χ1v) is 7.96. The predicted octanol–water partition coefficient (Wildman–Crippen LogP) is 4.13. The van der Waals surface area contributed by atoms with Crippen LogP contribution in [-0.4, -0.2) is 23.0 Å². The molecule has 0 atom stereocenters. The minimum Gasteiger partial charge on any atom is -0.398 e. The molecule has 23 heavy (non-hydrogen) atoms. The van der Waals surface area contributed by atoms with E-state index in [0.717, 1.165) is 40.1 Å². The molecule has 2 heterocycles. The van der Waals surface area contributed by atoms with Crippen LogP contribution in [0.4, 0.5) is 5.69 Å². The van der Waals surface area contributed by atoms with Gasteiger partial charge in [0.15, 0.2) is 0 Å². The van der Waals surface area contributed by atoms with Gasteiger partial charge in [-0.3, -0.25) is 9.88 Å². The fourth-order valence-electron chi connectivity index (χ4n) is 2.76. The molecule has 0 aliphatic carbocycles. The molecule has 1 aliphatic heterocycles. The summed E-state index contributed by atoms with van der Waals surface area (Å²) in [5.74, 6) is 0. The van der Waals surface area contributed by atoms with Crippen molar-refractivity contribution in [1.29, 1.82) is 0 Å². The molecule has 0 saturated carbocycles. The number of anilines is 1. The van der Waals surface area contributed by atoms with Gasteiger partial charge in [0.25, 0.3) is 0 Å². The quantitative estimate of drug-likeness (QED) is 0.667. The number of allylic oxidation sites excluding steroid dienone is 2. The van der Waals surface area contributed by atoms with Gasteiger partial charge in [-0.25, -0.2) is 0 Å². The van der Waals surface area contributed by atoms with Crippen molar-refractivity contribution in [3.8, 4) is 11.1 Å². The average Bonchev–Trinajstić information content (AvgIpc) is 2.51. The summed E-state index contributed by atoms with van der Waals surface area (Å²) < 4.78 is 0. The lowest BCUT2D eigenvalue weighted by Crippen LogP contribution is -2.36. The van der Waals surface area contributed by atoms with Crippen LogP contribution in [-0.2, 0) is 6.54 Å². The summed E-state index contributed by atoms with van der Waals surface area (Å²) in [7, 11) is 0. The van der Waals surface area contributed by atoms with Crippen molar-refractivity contribution in [3.05, 3.63) is 66.5 Å². The minimum absolute atomic E-state index is 0.728. The van der Waals surface area contributed by atoms with Crippen LogP contribution in [0.3, 0.4) is 0 Å². The van der Waals surface area contributed by atoms with Crippen molar-refractivity contribution in [2.45, 2.75) is 19.9 Å². The Bertz CT molecular complexity index is 757. The van der Waals surface area contributed by atoms with E-state index in [2.05, 4.69) is 35.2 Å². The van der Waals surface area contributed by atoms with E-state index in [4.69, 9.17) is 5.73 Å². The topological polar surface area (TPSA) is 42.2 Å². The summed E-state index contributed by atoms with van der Waals surface area (Å²) in [4.78, 5) is 6.84. The van der Waals surface area contributed by atoms with Crippen molar-refractivity contribution in [2.24, 2.45) is 0 Å². The van der Waals surface area contributed by atoms with Crippen LogP contribution in [0.25, 0.3) is 16.7 Å². The number of benzene rings is 1. The highest BCUT2D eigenvalue weighted by atomic mass is 15.2. The summed E-state index contributed by atoms with van der Waals surface area (Å²) >= 11 is 0. The van der Waals surface area contributed by atoms with E-state index in [1.54, 1.807) is 0 Å². The fraction of sp³-hybridized carbons (Fsp3) is 0.250. The van der Waals surface area contributed by atoms with Gasteiger partial charge in [-0.1, -0.05) is 24.8 Å². The number of hydrogen-bond donors (Lipinski definition) is 1. The van der Waals surface area contributed by atoms with E-state index in [9.17, 15) is 0 Å². The van der Waals surface area contributed by atoms with Crippen molar-refractivity contribution < 1.29 is 0 Å². The second-order valence-corrected chi connectivity index (χ2v) is 6.27. The summed E-state index contributed by atoms with van der Waals surface area (Å²) in [5, 5.41) is 0. The maximum absolute atomic E-state index is 6.10. The standard InChI is InChI=1S/C20H23N3/c1-14(2)15(3)19-10-17(5-6-20(19)21)18-9-16(11-22-12-18)13-23-7-4-8-23/h5-6,9-12H,1,3-4,7-8,13,21H2,2H3. The highest BCUT2D eigenvalue weighted by Gasteiger charge is 2.14. The van der Waals surface area contributed by atoms with Crippen LogP contribution in [0.15, 0.2) is 55.4 Å². The van der Waals surface area contributed by atoms with Gasteiger partial charge >= 0.3 is 0 Å². The second kappa shape index (κ2) is 6.39. The Kier molecular flexibility index (Phi) is 4.30. The number of hydrogen-bond acceptors (Lipinski definition) is 3. The van der Waals surface area contributed by atoms with Gasteiger partial charge in [-0.05, 0) is 61.3 Å². The first-order valence-electron chi connectivity index (χ1n) is 7.96. The molecule has 1 aromatic heterocycles. The number of aromatic nitrogens is 1. The molecule has 0 radical (unpaired) electrons. The van der Waals surface area contributed by atoms with Crippen molar-refractivity contribution in [2.75, 3.05) is 18.8 Å². The highest BCUT2D eigenvalue weighted by molar-refractivity contribution is 5.85. The fourth-order valence-corrected chi connectivity index (χ4v) is 2.76. The Hall–Kier alpha value is -2.39. The first kappa shape index (κ1) is 15.5. The summed E-state index contributed by atoms with van der Waals surface area (Å²) in [6, 6.07) is 8.26. The SMILES string of the molecule is C=C(C)C(=C)c1cc(-c2cncc(CN3CCC3)c2)ccc1N. The molecule has 0 amide bonds. The van der Waals surface area contributed by atoms with Crippen LogP contribution < -0.4 is 5.73 Å². The Morgan fingerprint density at radius 2 is 1.96 bits per heavy atom. The summed E-state index contributed by atoms with van der Waals surface area (Å²) in [6.45, 7) is 13.4. The number of nitrogen functional groups attached to an aromatic ring is 1. The van der Waals surface area contributed by atoms with Gasteiger partial charge in [-0.2, -0.15) is 0 Å². The molecule has 3 heteroatoms. The highest BCUT2D eigenvalue weighted by Crippen LogP contribution is 2.30. The molecule has 118 valence electrons. The van der Waals surface area contributed by atoms with Crippen molar-refractivity contribution >= 4 is 11.3 Å². The van der Waals surface area contributed by atoms with E-state index >= 15 is 0 Å². The zero-order valence-corrected chi connectivity index (χ0v) is 13.7. The van der Waals surface area contributed by atoms with Crippen molar-refractivity contribution in [3.63, 3.8) is 0 Å². The molecule has 3 nitrogen and oxygen atoms in total. The molecule has 1 saturated heterocycles. The normalized spacial score (nSPS) is 14.3. The molecule has 2 N–H and O–H groups in total. The molecule has 1 fully saturated rings. The number of rotatable bonds is 5. The van der Waals surface area contributed by atoms with Crippen LogP contribution >= 0.6 is 0 Å². The second-order valence-electron chi connectivity index (χ2n) is 6.27.